The van der Waals surface area contributed by atoms with Crippen molar-refractivity contribution in [2.75, 3.05) is 13.1 Å². The molecule has 1 saturated heterocycles. The summed E-state index contributed by atoms with van der Waals surface area (Å²) in [6, 6.07) is 0. The number of likely N-dealkylation sites (tertiary alicyclic amines) is 1. The summed E-state index contributed by atoms with van der Waals surface area (Å²) in [5, 5.41) is 3.40. The molecule has 1 rings (SSSR count). The molecule has 0 radical (unpaired) electrons. The second kappa shape index (κ2) is 6.32. The molecule has 1 atom stereocenters. The number of imide groups is 1. The van der Waals surface area contributed by atoms with Gasteiger partial charge < -0.3 is 5.32 Å². The van der Waals surface area contributed by atoms with E-state index in [2.05, 4.69) is 26.1 Å². The Labute approximate surface area is 110 Å². The Morgan fingerprint density at radius 3 is 2.44 bits per heavy atom. The summed E-state index contributed by atoms with van der Waals surface area (Å²) in [4.78, 5) is 25.0. The number of carbonyl (C=O) groups excluding carboxylic acids is 2. The van der Waals surface area contributed by atoms with Gasteiger partial charge in [-0.15, -0.1) is 0 Å². The molecule has 0 aromatic rings. The SMILES string of the molecule is CCC1CC(=O)N(CCCCNC(C)(C)C)C1=O. The first-order valence-electron chi connectivity index (χ1n) is 6.94. The third-order valence-corrected chi connectivity index (χ3v) is 3.29. The first kappa shape index (κ1) is 15.2. The van der Waals surface area contributed by atoms with Gasteiger partial charge >= 0.3 is 0 Å². The number of rotatable bonds is 6. The lowest BCUT2D eigenvalue weighted by Gasteiger charge is -2.21. The van der Waals surface area contributed by atoms with Gasteiger partial charge in [-0.1, -0.05) is 6.92 Å². The molecule has 18 heavy (non-hydrogen) atoms. The summed E-state index contributed by atoms with van der Waals surface area (Å²) in [7, 11) is 0. The van der Waals surface area contributed by atoms with E-state index in [9.17, 15) is 9.59 Å². The van der Waals surface area contributed by atoms with Crippen LogP contribution in [0, 0.1) is 5.92 Å². The van der Waals surface area contributed by atoms with E-state index in [-0.39, 0.29) is 23.3 Å². The molecule has 0 bridgehead atoms. The highest BCUT2D eigenvalue weighted by atomic mass is 16.2. The molecule has 1 fully saturated rings. The van der Waals surface area contributed by atoms with Crippen molar-refractivity contribution in [3.63, 3.8) is 0 Å². The standard InChI is InChI=1S/C14H26N2O2/c1-5-11-10-12(17)16(13(11)18)9-7-6-8-15-14(2,3)4/h11,15H,5-10H2,1-4H3. The monoisotopic (exact) mass is 254 g/mol. The maximum atomic E-state index is 11.9. The third-order valence-electron chi connectivity index (χ3n) is 3.29. The van der Waals surface area contributed by atoms with E-state index < -0.39 is 0 Å². The molecule has 0 aromatic heterocycles. The Morgan fingerprint density at radius 2 is 1.94 bits per heavy atom. The average molecular weight is 254 g/mol. The fourth-order valence-electron chi connectivity index (χ4n) is 2.16. The van der Waals surface area contributed by atoms with Gasteiger partial charge in [-0.3, -0.25) is 14.5 Å². The average Bonchev–Trinajstić information content (AvgIpc) is 2.53. The van der Waals surface area contributed by atoms with E-state index in [0.29, 0.717) is 13.0 Å². The molecule has 1 aliphatic rings. The van der Waals surface area contributed by atoms with E-state index >= 15 is 0 Å². The van der Waals surface area contributed by atoms with Crippen molar-refractivity contribution >= 4 is 11.8 Å². The van der Waals surface area contributed by atoms with Crippen molar-refractivity contribution in [2.45, 2.75) is 58.9 Å². The molecule has 0 spiro atoms. The number of nitrogens with zero attached hydrogens (tertiary/aromatic N) is 1. The predicted octanol–water partition coefficient (Wildman–Crippen LogP) is 1.94. The Morgan fingerprint density at radius 1 is 1.28 bits per heavy atom. The molecule has 104 valence electrons. The van der Waals surface area contributed by atoms with Gasteiger partial charge in [-0.25, -0.2) is 0 Å². The number of hydrogen-bond donors (Lipinski definition) is 1. The topological polar surface area (TPSA) is 49.4 Å². The number of amides is 2. The largest absolute Gasteiger partial charge is 0.312 e. The van der Waals surface area contributed by atoms with Crippen LogP contribution in [0.15, 0.2) is 0 Å². The van der Waals surface area contributed by atoms with Crippen LogP contribution in [0.4, 0.5) is 0 Å². The lowest BCUT2D eigenvalue weighted by Crippen LogP contribution is -2.37. The quantitative estimate of drug-likeness (QED) is 0.582. The molecule has 0 saturated carbocycles. The number of hydrogen-bond acceptors (Lipinski definition) is 3. The van der Waals surface area contributed by atoms with Crippen LogP contribution < -0.4 is 5.32 Å². The molecule has 0 aromatic carbocycles. The van der Waals surface area contributed by atoms with E-state index in [0.717, 1.165) is 25.8 Å². The van der Waals surface area contributed by atoms with Gasteiger partial charge in [0.05, 0.1) is 0 Å². The third kappa shape index (κ3) is 4.41. The Kier molecular flexibility index (Phi) is 5.32. The second-order valence-electron chi connectivity index (χ2n) is 6.08. The lowest BCUT2D eigenvalue weighted by atomic mass is 10.1. The van der Waals surface area contributed by atoms with E-state index in [1.54, 1.807) is 0 Å². The second-order valence-corrected chi connectivity index (χ2v) is 6.08. The normalized spacial score (nSPS) is 20.9. The van der Waals surface area contributed by atoms with Crippen molar-refractivity contribution in [1.82, 2.24) is 10.2 Å². The zero-order valence-corrected chi connectivity index (χ0v) is 12.1. The Hall–Kier alpha value is -0.900. The number of carbonyl (C=O) groups is 2. The van der Waals surface area contributed by atoms with Crippen LogP contribution in [0.5, 0.6) is 0 Å². The van der Waals surface area contributed by atoms with Crippen molar-refractivity contribution in [3.05, 3.63) is 0 Å². The zero-order valence-electron chi connectivity index (χ0n) is 12.1. The summed E-state index contributed by atoms with van der Waals surface area (Å²) in [6.45, 7) is 9.87. The maximum absolute atomic E-state index is 11.9. The van der Waals surface area contributed by atoms with Gasteiger partial charge in [0.25, 0.3) is 0 Å². The molecular formula is C14H26N2O2. The minimum atomic E-state index is -0.0646. The minimum absolute atomic E-state index is 0.00984. The summed E-state index contributed by atoms with van der Waals surface area (Å²) in [5.74, 6) is -0.0212. The molecule has 4 heteroatoms. The molecule has 1 N–H and O–H groups in total. The summed E-state index contributed by atoms with van der Waals surface area (Å²) < 4.78 is 0. The summed E-state index contributed by atoms with van der Waals surface area (Å²) in [6.07, 6.45) is 3.06. The molecule has 2 amide bonds. The van der Waals surface area contributed by atoms with Crippen molar-refractivity contribution in [3.8, 4) is 0 Å². The zero-order chi connectivity index (χ0) is 13.8. The van der Waals surface area contributed by atoms with Crippen molar-refractivity contribution < 1.29 is 9.59 Å². The van der Waals surface area contributed by atoms with Gasteiger partial charge in [0.2, 0.25) is 11.8 Å². The van der Waals surface area contributed by atoms with Crippen LogP contribution in [0.1, 0.15) is 53.4 Å². The Bertz CT molecular complexity index is 307. The highest BCUT2D eigenvalue weighted by Gasteiger charge is 2.36. The van der Waals surface area contributed by atoms with Crippen LogP contribution in [0.3, 0.4) is 0 Å². The fraction of sp³-hybridized carbons (Fsp3) is 0.857. The molecular weight excluding hydrogens is 228 g/mol. The molecule has 1 aliphatic heterocycles. The van der Waals surface area contributed by atoms with Crippen LogP contribution in [-0.4, -0.2) is 35.3 Å². The van der Waals surface area contributed by atoms with Gasteiger partial charge in [0.15, 0.2) is 0 Å². The van der Waals surface area contributed by atoms with E-state index in [1.165, 1.54) is 4.90 Å². The van der Waals surface area contributed by atoms with Gasteiger partial charge in [-0.05, 0) is 46.6 Å². The lowest BCUT2D eigenvalue weighted by molar-refractivity contribution is -0.139. The van der Waals surface area contributed by atoms with Crippen LogP contribution >= 0.6 is 0 Å². The summed E-state index contributed by atoms with van der Waals surface area (Å²) in [5.41, 5.74) is 0.132. The maximum Gasteiger partial charge on any atom is 0.232 e. The molecule has 4 nitrogen and oxygen atoms in total. The minimum Gasteiger partial charge on any atom is -0.312 e. The van der Waals surface area contributed by atoms with Crippen LogP contribution in [0.2, 0.25) is 0 Å². The molecule has 1 heterocycles. The predicted molar refractivity (Wildman–Crippen MR) is 72.1 cm³/mol. The van der Waals surface area contributed by atoms with Gasteiger partial charge in [0, 0.05) is 24.4 Å². The van der Waals surface area contributed by atoms with Gasteiger partial charge in [0.1, 0.15) is 0 Å². The number of unbranched alkanes of at least 4 members (excludes halogenated alkanes) is 1. The smallest absolute Gasteiger partial charge is 0.232 e. The first-order valence-corrected chi connectivity index (χ1v) is 6.94. The van der Waals surface area contributed by atoms with Crippen LogP contribution in [0.25, 0.3) is 0 Å². The summed E-state index contributed by atoms with van der Waals surface area (Å²) >= 11 is 0. The van der Waals surface area contributed by atoms with E-state index in [4.69, 9.17) is 0 Å². The molecule has 1 unspecified atom stereocenters. The van der Waals surface area contributed by atoms with Crippen molar-refractivity contribution in [2.24, 2.45) is 5.92 Å². The highest BCUT2D eigenvalue weighted by Crippen LogP contribution is 2.22. The highest BCUT2D eigenvalue weighted by molar-refractivity contribution is 6.03. The fourth-order valence-corrected chi connectivity index (χ4v) is 2.16. The number of nitrogens with one attached hydrogen (secondary N) is 1. The first-order chi connectivity index (χ1) is 8.35. The van der Waals surface area contributed by atoms with Crippen LogP contribution in [-0.2, 0) is 9.59 Å². The Balaban J connectivity index is 2.24. The molecule has 0 aliphatic carbocycles. The van der Waals surface area contributed by atoms with Crippen molar-refractivity contribution in [1.29, 1.82) is 0 Å². The van der Waals surface area contributed by atoms with E-state index in [1.807, 2.05) is 6.92 Å². The van der Waals surface area contributed by atoms with Gasteiger partial charge in [-0.2, -0.15) is 0 Å².